The Kier molecular flexibility index (Phi) is 14.1. The predicted molar refractivity (Wildman–Crippen MR) is 194 cm³/mol. The Morgan fingerprint density at radius 1 is 1.00 bits per heavy atom. The zero-order valence-electron chi connectivity index (χ0n) is 30.1. The summed E-state index contributed by atoms with van der Waals surface area (Å²) in [5.74, 6) is 1.33. The van der Waals surface area contributed by atoms with Gasteiger partial charge in [0.1, 0.15) is 36.5 Å². The Bertz CT molecular complexity index is 1700. The first-order chi connectivity index (χ1) is 24.9. The summed E-state index contributed by atoms with van der Waals surface area (Å²) in [5.41, 5.74) is 2.69. The lowest BCUT2D eigenvalue weighted by atomic mass is 9.89. The van der Waals surface area contributed by atoms with Crippen LogP contribution < -0.4 is 14.8 Å². The minimum absolute atomic E-state index is 0. The maximum atomic E-state index is 9.68. The molecule has 2 fully saturated rings. The molecule has 0 bridgehead atoms. The first kappa shape index (κ1) is 38.8. The molecular weight excluding hydrogens is 690 g/mol. The van der Waals surface area contributed by atoms with Crippen LogP contribution in [-0.4, -0.2) is 116 Å². The molecule has 1 saturated carbocycles. The topological polar surface area (TPSA) is 172 Å². The molecule has 2 aliphatic rings. The standard InChI is InChI=1S/C35H47N11O5.ClH/c1-24-19-44(20-25(2)50-24)30-7-9-31(10-8-30)46-22-32(34(41-46)49-14-13-48-12-11-47-4)40-35-37-17-29(18-38-35)27-5-6-28(16-36)33(15-27)51-26(3)21-45-23-39-42-43-45;/h5-6,15,17-18,22-26,30-31H,7-14,19-21H2,1-4H3,(H,37,38,40);1H/t24-,25+,26-,30-,31-;/m0./s1. The lowest BCUT2D eigenvalue weighted by molar-refractivity contribution is -0.0852. The predicted octanol–water partition coefficient (Wildman–Crippen LogP) is 4.47. The van der Waals surface area contributed by atoms with Gasteiger partial charge in [0.15, 0.2) is 0 Å². The van der Waals surface area contributed by atoms with E-state index < -0.39 is 0 Å². The van der Waals surface area contributed by atoms with Crippen molar-refractivity contribution in [3.8, 4) is 28.8 Å². The van der Waals surface area contributed by atoms with Crippen molar-refractivity contribution in [1.82, 2.24) is 44.9 Å². The van der Waals surface area contributed by atoms with E-state index in [0.29, 0.717) is 67.8 Å². The lowest BCUT2D eigenvalue weighted by Gasteiger charge is -2.42. The molecule has 3 aromatic heterocycles. The molecule has 6 rings (SSSR count). The van der Waals surface area contributed by atoms with Crippen molar-refractivity contribution >= 4 is 24.0 Å². The summed E-state index contributed by atoms with van der Waals surface area (Å²) in [4.78, 5) is 11.8. The van der Waals surface area contributed by atoms with Crippen LogP contribution in [0.2, 0.25) is 0 Å². The molecule has 52 heavy (non-hydrogen) atoms. The monoisotopic (exact) mass is 737 g/mol. The third-order valence-corrected chi connectivity index (χ3v) is 9.10. The van der Waals surface area contributed by atoms with Gasteiger partial charge in [-0.1, -0.05) is 6.07 Å². The van der Waals surface area contributed by atoms with Crippen molar-refractivity contribution in [2.45, 2.75) is 83.4 Å². The summed E-state index contributed by atoms with van der Waals surface area (Å²) in [7, 11) is 1.65. The summed E-state index contributed by atoms with van der Waals surface area (Å²) in [6.45, 7) is 10.4. The van der Waals surface area contributed by atoms with Gasteiger partial charge in [-0.15, -0.1) is 22.6 Å². The summed E-state index contributed by atoms with van der Waals surface area (Å²) in [6.07, 6.45) is 11.5. The van der Waals surface area contributed by atoms with Gasteiger partial charge in [0.25, 0.3) is 5.88 Å². The molecule has 0 radical (unpaired) electrons. The number of hydrogen-bond acceptors (Lipinski definition) is 14. The van der Waals surface area contributed by atoms with Crippen molar-refractivity contribution in [2.24, 2.45) is 0 Å². The van der Waals surface area contributed by atoms with E-state index in [1.165, 1.54) is 6.33 Å². The molecule has 4 aromatic rings. The number of rotatable bonds is 16. The highest BCUT2D eigenvalue weighted by molar-refractivity contribution is 5.85. The second-order valence-corrected chi connectivity index (χ2v) is 13.2. The Labute approximate surface area is 310 Å². The summed E-state index contributed by atoms with van der Waals surface area (Å²) in [5, 5.41) is 29.1. The van der Waals surface area contributed by atoms with Gasteiger partial charge in [-0.3, -0.25) is 9.58 Å². The van der Waals surface area contributed by atoms with Gasteiger partial charge in [-0.05, 0) is 74.6 Å². The number of morpholine rings is 1. The summed E-state index contributed by atoms with van der Waals surface area (Å²) >= 11 is 0. The number of halogens is 1. The van der Waals surface area contributed by atoms with Crippen LogP contribution in [0.4, 0.5) is 11.6 Å². The number of methoxy groups -OCH3 is 1. The first-order valence-electron chi connectivity index (χ1n) is 17.6. The van der Waals surface area contributed by atoms with Gasteiger partial charge in [-0.2, -0.15) is 5.26 Å². The normalized spacial score (nSPS) is 21.1. The zero-order valence-corrected chi connectivity index (χ0v) is 30.9. The molecule has 0 amide bonds. The van der Waals surface area contributed by atoms with E-state index in [2.05, 4.69) is 55.6 Å². The SMILES string of the molecule is COCCOCCOc1nn([C@H]2CC[C@H](N3C[C@@H](C)O[C@@H](C)C3)CC2)cc1Nc1ncc(-c2ccc(C#N)c(O[C@@H](C)Cn3cnnn3)c2)cn1.Cl. The van der Waals surface area contributed by atoms with Crippen molar-refractivity contribution in [3.63, 3.8) is 0 Å². The molecule has 1 N–H and O–H groups in total. The van der Waals surface area contributed by atoms with Crippen LogP contribution in [-0.2, 0) is 20.8 Å². The lowest BCUT2D eigenvalue weighted by Crippen LogP contribution is -2.51. The summed E-state index contributed by atoms with van der Waals surface area (Å²) < 4.78 is 32.5. The highest BCUT2D eigenvalue weighted by atomic mass is 35.5. The summed E-state index contributed by atoms with van der Waals surface area (Å²) in [6, 6.07) is 8.43. The Morgan fingerprint density at radius 2 is 1.73 bits per heavy atom. The number of nitrogens with one attached hydrogen (secondary N) is 1. The van der Waals surface area contributed by atoms with E-state index in [0.717, 1.165) is 49.9 Å². The first-order valence-corrected chi connectivity index (χ1v) is 17.6. The van der Waals surface area contributed by atoms with Gasteiger partial charge in [0, 0.05) is 44.2 Å². The number of benzene rings is 1. The van der Waals surface area contributed by atoms with Crippen LogP contribution in [0.25, 0.3) is 11.1 Å². The minimum atomic E-state index is -0.277. The molecule has 17 heteroatoms. The average Bonchev–Trinajstić information content (AvgIpc) is 3.79. The fourth-order valence-corrected chi connectivity index (χ4v) is 6.74. The number of tetrazole rings is 1. The zero-order chi connectivity index (χ0) is 35.6. The molecule has 3 atom stereocenters. The van der Waals surface area contributed by atoms with E-state index in [-0.39, 0.29) is 36.8 Å². The number of nitriles is 1. The van der Waals surface area contributed by atoms with E-state index in [1.807, 2.05) is 29.9 Å². The molecule has 0 spiro atoms. The van der Waals surface area contributed by atoms with Gasteiger partial charge >= 0.3 is 0 Å². The number of aromatic nitrogens is 8. The molecule has 16 nitrogen and oxygen atoms in total. The van der Waals surface area contributed by atoms with E-state index in [9.17, 15) is 5.26 Å². The maximum Gasteiger partial charge on any atom is 0.257 e. The van der Waals surface area contributed by atoms with Crippen LogP contribution in [0.5, 0.6) is 11.6 Å². The van der Waals surface area contributed by atoms with Crippen LogP contribution in [0.3, 0.4) is 0 Å². The second-order valence-electron chi connectivity index (χ2n) is 13.2. The highest BCUT2D eigenvalue weighted by Crippen LogP contribution is 2.35. The van der Waals surface area contributed by atoms with Crippen LogP contribution in [0.15, 0.2) is 43.1 Å². The third-order valence-electron chi connectivity index (χ3n) is 9.10. The molecule has 0 unspecified atom stereocenters. The molecule has 280 valence electrons. The van der Waals surface area contributed by atoms with Crippen molar-refractivity contribution in [3.05, 3.63) is 48.7 Å². The number of anilines is 2. The van der Waals surface area contributed by atoms with Crippen molar-refractivity contribution in [2.75, 3.05) is 51.9 Å². The molecule has 4 heterocycles. The molecular formula is C35H48ClN11O5. The van der Waals surface area contributed by atoms with E-state index in [1.54, 1.807) is 30.3 Å². The number of ether oxygens (including phenoxy) is 5. The van der Waals surface area contributed by atoms with Crippen LogP contribution >= 0.6 is 12.4 Å². The Balaban J connectivity index is 0.00000523. The van der Waals surface area contributed by atoms with E-state index >= 15 is 0 Å². The fraction of sp³-hybridized carbons (Fsp3) is 0.571. The smallest absolute Gasteiger partial charge is 0.257 e. The van der Waals surface area contributed by atoms with Crippen LogP contribution in [0, 0.1) is 11.3 Å². The van der Waals surface area contributed by atoms with Gasteiger partial charge in [0.2, 0.25) is 5.95 Å². The second kappa shape index (κ2) is 18.9. The Hall–Kier alpha value is -4.40. The largest absolute Gasteiger partial charge is 0.487 e. The minimum Gasteiger partial charge on any atom is -0.487 e. The van der Waals surface area contributed by atoms with Gasteiger partial charge in [0.05, 0.1) is 56.4 Å². The van der Waals surface area contributed by atoms with Crippen molar-refractivity contribution < 1.29 is 23.7 Å². The molecule has 1 saturated heterocycles. The number of hydrogen-bond donors (Lipinski definition) is 1. The Morgan fingerprint density at radius 3 is 2.42 bits per heavy atom. The molecule has 1 aromatic carbocycles. The van der Waals surface area contributed by atoms with E-state index in [4.69, 9.17) is 28.8 Å². The average molecular weight is 738 g/mol. The van der Waals surface area contributed by atoms with Gasteiger partial charge < -0.3 is 29.0 Å². The number of nitrogens with zero attached hydrogens (tertiary/aromatic N) is 10. The van der Waals surface area contributed by atoms with Crippen LogP contribution in [0.1, 0.15) is 58.1 Å². The quantitative estimate of drug-likeness (QED) is 0.160. The highest BCUT2D eigenvalue weighted by Gasteiger charge is 2.32. The molecule has 1 aliphatic heterocycles. The maximum absolute atomic E-state index is 9.68. The third kappa shape index (κ3) is 10.4. The van der Waals surface area contributed by atoms with Crippen molar-refractivity contribution in [1.29, 1.82) is 5.26 Å². The fourth-order valence-electron chi connectivity index (χ4n) is 6.74. The van der Waals surface area contributed by atoms with Gasteiger partial charge in [-0.25, -0.2) is 14.6 Å². The molecule has 1 aliphatic carbocycles.